The number of amides is 1. The molecule has 0 aliphatic rings. The predicted molar refractivity (Wildman–Crippen MR) is 138 cm³/mol. The molecule has 0 unspecified atom stereocenters. The maximum atomic E-state index is 12.7. The highest BCUT2D eigenvalue weighted by atomic mass is 32.2. The number of benzene rings is 3. The number of nitro groups is 1. The molecule has 0 aliphatic carbocycles. The van der Waals surface area contributed by atoms with Gasteiger partial charge in [0.15, 0.2) is 11.0 Å². The topological polar surface area (TPSA) is 112 Å². The molecule has 0 saturated carbocycles. The van der Waals surface area contributed by atoms with Crippen LogP contribution < -0.4 is 5.32 Å². The van der Waals surface area contributed by atoms with Crippen molar-refractivity contribution in [2.45, 2.75) is 17.8 Å². The number of nitrogens with one attached hydrogen (secondary N) is 1. The number of hydrogen-bond donors (Lipinski definition) is 1. The summed E-state index contributed by atoms with van der Waals surface area (Å²) in [4.78, 5) is 23.3. The van der Waals surface area contributed by atoms with Crippen molar-refractivity contribution < 1.29 is 14.5 Å². The van der Waals surface area contributed by atoms with E-state index in [1.54, 1.807) is 25.3 Å². The van der Waals surface area contributed by atoms with Crippen molar-refractivity contribution in [1.29, 1.82) is 0 Å². The Hall–Kier alpha value is -4.02. The molecular weight excluding hydrogens is 478 g/mol. The van der Waals surface area contributed by atoms with Gasteiger partial charge in [0.2, 0.25) is 0 Å². The van der Waals surface area contributed by atoms with E-state index in [0.29, 0.717) is 41.0 Å². The zero-order chi connectivity index (χ0) is 25.5. The van der Waals surface area contributed by atoms with Crippen molar-refractivity contribution in [2.75, 3.05) is 20.3 Å². The molecule has 4 rings (SSSR count). The Morgan fingerprint density at radius 2 is 1.86 bits per heavy atom. The molecule has 1 aromatic heterocycles. The van der Waals surface area contributed by atoms with Gasteiger partial charge in [0.25, 0.3) is 11.6 Å². The first-order valence-corrected chi connectivity index (χ1v) is 12.2. The number of nitrogens with zero attached hydrogens (tertiary/aromatic N) is 4. The van der Waals surface area contributed by atoms with Gasteiger partial charge < -0.3 is 10.1 Å². The summed E-state index contributed by atoms with van der Waals surface area (Å²) in [7, 11) is 1.59. The first kappa shape index (κ1) is 25.1. The highest BCUT2D eigenvalue weighted by Crippen LogP contribution is 2.31. The van der Waals surface area contributed by atoms with Gasteiger partial charge in [-0.25, -0.2) is 0 Å². The van der Waals surface area contributed by atoms with E-state index in [-0.39, 0.29) is 11.6 Å². The number of aryl methyl sites for hydroxylation is 1. The number of ether oxygens (including phenoxy) is 1. The minimum absolute atomic E-state index is 0.00959. The molecule has 1 N–H and O–H groups in total. The molecule has 184 valence electrons. The summed E-state index contributed by atoms with van der Waals surface area (Å²) in [5, 5.41) is 23.4. The minimum atomic E-state index is -0.431. The fraction of sp³-hybridized carbons (Fsp3) is 0.192. The molecule has 9 nitrogen and oxygen atoms in total. The van der Waals surface area contributed by atoms with Gasteiger partial charge in [-0.3, -0.25) is 19.5 Å². The second-order valence-electron chi connectivity index (χ2n) is 7.98. The molecule has 4 aromatic rings. The first-order chi connectivity index (χ1) is 17.5. The largest absolute Gasteiger partial charge is 0.383 e. The molecule has 0 spiro atoms. The van der Waals surface area contributed by atoms with E-state index in [0.717, 1.165) is 16.8 Å². The molecule has 0 bridgehead atoms. The van der Waals surface area contributed by atoms with Gasteiger partial charge in [0, 0.05) is 48.4 Å². The molecule has 1 amide bonds. The number of hydrogen-bond acceptors (Lipinski definition) is 7. The number of rotatable bonds is 10. The number of nitro benzene ring substituents is 1. The van der Waals surface area contributed by atoms with Crippen LogP contribution in [-0.2, 0) is 10.5 Å². The average Bonchev–Trinajstić information content (AvgIpc) is 3.32. The van der Waals surface area contributed by atoms with Gasteiger partial charge in [-0.05, 0) is 48.4 Å². The SMILES string of the molecule is COCCNC(=O)c1ccccc1CSc1nnc(-c2ccc([N+](=O)[O-])cc2)n1-c1cccc(C)c1. The van der Waals surface area contributed by atoms with Crippen molar-refractivity contribution in [3.05, 3.63) is 99.6 Å². The van der Waals surface area contributed by atoms with Gasteiger partial charge in [-0.15, -0.1) is 10.2 Å². The van der Waals surface area contributed by atoms with Crippen molar-refractivity contribution in [1.82, 2.24) is 20.1 Å². The first-order valence-electron chi connectivity index (χ1n) is 11.2. The van der Waals surface area contributed by atoms with E-state index in [1.807, 2.05) is 54.0 Å². The van der Waals surface area contributed by atoms with Crippen LogP contribution in [0, 0.1) is 17.0 Å². The third-order valence-corrected chi connectivity index (χ3v) is 6.42. The highest BCUT2D eigenvalue weighted by Gasteiger charge is 2.19. The number of methoxy groups -OCH3 is 1. The van der Waals surface area contributed by atoms with E-state index in [1.165, 1.54) is 23.9 Å². The van der Waals surface area contributed by atoms with E-state index >= 15 is 0 Å². The second kappa shape index (κ2) is 11.6. The van der Waals surface area contributed by atoms with Crippen molar-refractivity contribution in [3.63, 3.8) is 0 Å². The van der Waals surface area contributed by atoms with E-state index in [2.05, 4.69) is 15.5 Å². The van der Waals surface area contributed by atoms with Crippen LogP contribution in [0.3, 0.4) is 0 Å². The molecule has 1 heterocycles. The van der Waals surface area contributed by atoms with Crippen molar-refractivity contribution in [3.8, 4) is 17.1 Å². The Balaban J connectivity index is 1.66. The maximum absolute atomic E-state index is 12.7. The quantitative estimate of drug-likeness (QED) is 0.143. The van der Waals surface area contributed by atoms with Gasteiger partial charge in [0.05, 0.1) is 11.5 Å². The summed E-state index contributed by atoms with van der Waals surface area (Å²) in [6.45, 7) is 2.87. The van der Waals surface area contributed by atoms with Crippen LogP contribution in [0.1, 0.15) is 21.5 Å². The van der Waals surface area contributed by atoms with E-state index in [4.69, 9.17) is 4.74 Å². The zero-order valence-electron chi connectivity index (χ0n) is 19.9. The average molecular weight is 504 g/mol. The fourth-order valence-corrected chi connectivity index (χ4v) is 4.61. The van der Waals surface area contributed by atoms with E-state index in [9.17, 15) is 14.9 Å². The van der Waals surface area contributed by atoms with E-state index < -0.39 is 4.92 Å². The Morgan fingerprint density at radius 3 is 2.58 bits per heavy atom. The number of thioether (sulfide) groups is 1. The molecular formula is C26H25N5O4S. The third kappa shape index (κ3) is 5.78. The Labute approximate surface area is 212 Å². The normalized spacial score (nSPS) is 10.8. The lowest BCUT2D eigenvalue weighted by molar-refractivity contribution is -0.384. The summed E-state index contributed by atoms with van der Waals surface area (Å²) in [5.41, 5.74) is 4.13. The molecule has 0 radical (unpaired) electrons. The molecule has 3 aromatic carbocycles. The van der Waals surface area contributed by atoms with Gasteiger partial charge >= 0.3 is 0 Å². The molecule has 0 fully saturated rings. The van der Waals surface area contributed by atoms with Crippen molar-refractivity contribution >= 4 is 23.4 Å². The van der Waals surface area contributed by atoms with Crippen LogP contribution in [0.15, 0.2) is 78.0 Å². The molecule has 10 heteroatoms. The standard InChI is InChI=1S/C26H25N5O4S/c1-18-6-5-8-22(16-18)30-24(19-10-12-21(13-11-19)31(33)34)28-29-26(30)36-17-20-7-3-4-9-23(20)25(32)27-14-15-35-2/h3-13,16H,14-15,17H2,1-2H3,(H,27,32). The summed E-state index contributed by atoms with van der Waals surface area (Å²) in [6, 6.07) is 21.6. The lowest BCUT2D eigenvalue weighted by atomic mass is 10.1. The van der Waals surface area contributed by atoms with Crippen LogP contribution in [0.4, 0.5) is 5.69 Å². The number of non-ortho nitro benzene ring substituents is 1. The van der Waals surface area contributed by atoms with Crippen LogP contribution in [0.25, 0.3) is 17.1 Å². The highest BCUT2D eigenvalue weighted by molar-refractivity contribution is 7.98. The number of aromatic nitrogens is 3. The fourth-order valence-electron chi connectivity index (χ4n) is 3.65. The third-order valence-electron chi connectivity index (χ3n) is 5.44. The van der Waals surface area contributed by atoms with Gasteiger partial charge in [-0.1, -0.05) is 42.1 Å². The molecule has 0 atom stereocenters. The summed E-state index contributed by atoms with van der Waals surface area (Å²) in [5.74, 6) is 0.913. The summed E-state index contributed by atoms with van der Waals surface area (Å²) in [6.07, 6.45) is 0. The second-order valence-corrected chi connectivity index (χ2v) is 8.92. The van der Waals surface area contributed by atoms with Crippen molar-refractivity contribution in [2.24, 2.45) is 0 Å². The summed E-state index contributed by atoms with van der Waals surface area (Å²) >= 11 is 1.46. The molecule has 0 saturated heterocycles. The Bertz CT molecular complexity index is 1370. The predicted octanol–water partition coefficient (Wildman–Crippen LogP) is 4.82. The van der Waals surface area contributed by atoms with Crippen LogP contribution >= 0.6 is 11.8 Å². The zero-order valence-corrected chi connectivity index (χ0v) is 20.7. The van der Waals surface area contributed by atoms with Crippen LogP contribution in [0.2, 0.25) is 0 Å². The molecule has 0 aliphatic heterocycles. The van der Waals surface area contributed by atoms with Crippen LogP contribution in [0.5, 0.6) is 0 Å². The Kier molecular flexibility index (Phi) is 8.09. The number of carbonyl (C=O) groups excluding carboxylic acids is 1. The lowest BCUT2D eigenvalue weighted by Crippen LogP contribution is -2.27. The smallest absolute Gasteiger partial charge is 0.269 e. The minimum Gasteiger partial charge on any atom is -0.383 e. The Morgan fingerprint density at radius 1 is 1.08 bits per heavy atom. The monoisotopic (exact) mass is 503 g/mol. The molecule has 36 heavy (non-hydrogen) atoms. The number of carbonyl (C=O) groups is 1. The summed E-state index contributed by atoms with van der Waals surface area (Å²) < 4.78 is 6.94. The van der Waals surface area contributed by atoms with Gasteiger partial charge in [0.1, 0.15) is 0 Å². The lowest BCUT2D eigenvalue weighted by Gasteiger charge is -2.12. The maximum Gasteiger partial charge on any atom is 0.269 e. The van der Waals surface area contributed by atoms with Gasteiger partial charge in [-0.2, -0.15) is 0 Å². The van der Waals surface area contributed by atoms with Crippen LogP contribution in [-0.4, -0.2) is 45.9 Å².